The van der Waals surface area contributed by atoms with Gasteiger partial charge in [-0.25, -0.2) is 4.79 Å². The number of alkyl carbamates (subject to hydrolysis) is 1. The van der Waals surface area contributed by atoms with E-state index in [2.05, 4.69) is 5.32 Å². The highest BCUT2D eigenvalue weighted by Gasteiger charge is 2.19. The standard InChI is InChI=1S/C12H19NO3S/c1-12(2,3)16-11(15)13-10(7-14)6-9-4-5-17-8-9/h4-5,8,10,14H,6-7H2,1-3H3,(H,13,15). The summed E-state index contributed by atoms with van der Waals surface area (Å²) >= 11 is 1.60. The Kier molecular flexibility index (Phi) is 4.96. The Labute approximate surface area is 106 Å². The third-order valence-corrected chi connectivity index (χ3v) is 2.74. The molecule has 0 saturated carbocycles. The fraction of sp³-hybridized carbons (Fsp3) is 0.583. The van der Waals surface area contributed by atoms with Gasteiger partial charge in [-0.05, 0) is 49.6 Å². The van der Waals surface area contributed by atoms with Crippen molar-refractivity contribution in [3.63, 3.8) is 0 Å². The van der Waals surface area contributed by atoms with Crippen molar-refractivity contribution in [3.05, 3.63) is 22.4 Å². The van der Waals surface area contributed by atoms with Crippen molar-refractivity contribution in [1.82, 2.24) is 5.32 Å². The minimum atomic E-state index is -0.521. The molecule has 0 radical (unpaired) electrons. The number of rotatable bonds is 4. The Morgan fingerprint density at radius 1 is 1.59 bits per heavy atom. The zero-order chi connectivity index (χ0) is 12.9. The lowest BCUT2D eigenvalue weighted by Crippen LogP contribution is -2.42. The summed E-state index contributed by atoms with van der Waals surface area (Å²) in [6.07, 6.45) is 0.117. The third kappa shape index (κ3) is 5.70. The van der Waals surface area contributed by atoms with Gasteiger partial charge >= 0.3 is 6.09 Å². The van der Waals surface area contributed by atoms with Gasteiger partial charge in [-0.1, -0.05) is 0 Å². The predicted octanol–water partition coefficient (Wildman–Crippen LogP) is 2.18. The minimum absolute atomic E-state index is 0.102. The lowest BCUT2D eigenvalue weighted by atomic mass is 10.1. The highest BCUT2D eigenvalue weighted by Crippen LogP contribution is 2.10. The van der Waals surface area contributed by atoms with Gasteiger partial charge in [-0.15, -0.1) is 0 Å². The van der Waals surface area contributed by atoms with Gasteiger partial charge in [0.2, 0.25) is 0 Å². The largest absolute Gasteiger partial charge is 0.444 e. The molecule has 0 aromatic carbocycles. The number of carbonyl (C=O) groups excluding carboxylic acids is 1. The molecule has 0 aliphatic heterocycles. The van der Waals surface area contributed by atoms with Gasteiger partial charge in [0.05, 0.1) is 12.6 Å². The van der Waals surface area contributed by atoms with Gasteiger partial charge in [0.25, 0.3) is 0 Å². The van der Waals surface area contributed by atoms with E-state index in [4.69, 9.17) is 4.74 Å². The van der Waals surface area contributed by atoms with Gasteiger partial charge in [-0.2, -0.15) is 11.3 Å². The summed E-state index contributed by atoms with van der Waals surface area (Å²) in [4.78, 5) is 11.5. The first kappa shape index (κ1) is 14.0. The molecule has 0 aliphatic carbocycles. The average Bonchev–Trinajstić information content (AvgIpc) is 2.66. The van der Waals surface area contributed by atoms with Crippen molar-refractivity contribution in [3.8, 4) is 0 Å². The van der Waals surface area contributed by atoms with Crippen molar-refractivity contribution in [2.75, 3.05) is 6.61 Å². The molecule has 0 spiro atoms. The number of amides is 1. The van der Waals surface area contributed by atoms with Crippen LogP contribution in [0.4, 0.5) is 4.79 Å². The van der Waals surface area contributed by atoms with Crippen LogP contribution in [-0.4, -0.2) is 29.4 Å². The fourth-order valence-corrected chi connectivity index (χ4v) is 2.01. The number of hydrogen-bond acceptors (Lipinski definition) is 4. The smallest absolute Gasteiger partial charge is 0.407 e. The molecule has 0 fully saturated rings. The second-order valence-corrected chi connectivity index (χ2v) is 5.64. The van der Waals surface area contributed by atoms with Gasteiger partial charge in [0, 0.05) is 0 Å². The second kappa shape index (κ2) is 6.02. The number of ether oxygens (including phenoxy) is 1. The first-order valence-electron chi connectivity index (χ1n) is 5.52. The molecule has 1 rings (SSSR count). The summed E-state index contributed by atoms with van der Waals surface area (Å²) in [5.74, 6) is 0. The van der Waals surface area contributed by atoms with Crippen molar-refractivity contribution in [1.29, 1.82) is 0 Å². The normalized spacial score (nSPS) is 13.2. The van der Waals surface area contributed by atoms with Crippen LogP contribution in [0.3, 0.4) is 0 Å². The molecule has 1 heterocycles. The van der Waals surface area contributed by atoms with Crippen LogP contribution >= 0.6 is 11.3 Å². The molecule has 1 atom stereocenters. The van der Waals surface area contributed by atoms with Crippen LogP contribution in [0, 0.1) is 0 Å². The third-order valence-electron chi connectivity index (χ3n) is 2.00. The summed E-state index contributed by atoms with van der Waals surface area (Å²) in [6.45, 7) is 5.31. The van der Waals surface area contributed by atoms with E-state index in [0.717, 1.165) is 5.56 Å². The molecule has 5 heteroatoms. The molecule has 4 nitrogen and oxygen atoms in total. The number of thiophene rings is 1. The zero-order valence-corrected chi connectivity index (χ0v) is 11.2. The summed E-state index contributed by atoms with van der Waals surface area (Å²) in [5, 5.41) is 15.8. The predicted molar refractivity (Wildman–Crippen MR) is 68.3 cm³/mol. The lowest BCUT2D eigenvalue weighted by Gasteiger charge is -2.22. The first-order chi connectivity index (χ1) is 7.90. The molecule has 0 aliphatic rings. The van der Waals surface area contributed by atoms with Crippen LogP contribution < -0.4 is 5.32 Å². The van der Waals surface area contributed by atoms with E-state index in [0.29, 0.717) is 6.42 Å². The monoisotopic (exact) mass is 257 g/mol. The van der Waals surface area contributed by atoms with E-state index in [1.54, 1.807) is 32.1 Å². The van der Waals surface area contributed by atoms with Crippen LogP contribution in [0.1, 0.15) is 26.3 Å². The summed E-state index contributed by atoms with van der Waals surface area (Å²) < 4.78 is 5.13. The van der Waals surface area contributed by atoms with Crippen molar-refractivity contribution in [2.24, 2.45) is 0 Å². The van der Waals surface area contributed by atoms with Gasteiger partial charge < -0.3 is 15.2 Å². The van der Waals surface area contributed by atoms with E-state index in [1.807, 2.05) is 16.8 Å². The average molecular weight is 257 g/mol. The van der Waals surface area contributed by atoms with E-state index in [-0.39, 0.29) is 12.6 Å². The molecule has 96 valence electrons. The molecule has 0 bridgehead atoms. The molecule has 1 aromatic heterocycles. The van der Waals surface area contributed by atoms with E-state index in [9.17, 15) is 9.90 Å². The maximum atomic E-state index is 11.5. The van der Waals surface area contributed by atoms with Gasteiger partial charge in [0.1, 0.15) is 5.60 Å². The minimum Gasteiger partial charge on any atom is -0.444 e. The Hall–Kier alpha value is -1.07. The van der Waals surface area contributed by atoms with Crippen LogP contribution in [0.2, 0.25) is 0 Å². The number of aliphatic hydroxyl groups is 1. The maximum absolute atomic E-state index is 11.5. The Balaban J connectivity index is 2.44. The second-order valence-electron chi connectivity index (χ2n) is 4.86. The topological polar surface area (TPSA) is 58.6 Å². The molecular weight excluding hydrogens is 238 g/mol. The number of aliphatic hydroxyl groups excluding tert-OH is 1. The van der Waals surface area contributed by atoms with E-state index >= 15 is 0 Å². The highest BCUT2D eigenvalue weighted by atomic mass is 32.1. The number of hydrogen-bond donors (Lipinski definition) is 2. The fourth-order valence-electron chi connectivity index (χ4n) is 1.33. The van der Waals surface area contributed by atoms with Crippen LogP contribution in [0.5, 0.6) is 0 Å². The Morgan fingerprint density at radius 2 is 2.29 bits per heavy atom. The molecule has 1 unspecified atom stereocenters. The molecule has 1 aromatic rings. The van der Waals surface area contributed by atoms with Crippen LogP contribution in [-0.2, 0) is 11.2 Å². The summed E-state index contributed by atoms with van der Waals surface area (Å²) in [7, 11) is 0. The Bertz CT molecular complexity index is 343. The number of nitrogens with one attached hydrogen (secondary N) is 1. The van der Waals surface area contributed by atoms with Crippen molar-refractivity contribution in [2.45, 2.75) is 38.8 Å². The highest BCUT2D eigenvalue weighted by molar-refractivity contribution is 7.07. The SMILES string of the molecule is CC(C)(C)OC(=O)NC(CO)Cc1ccsc1. The van der Waals surface area contributed by atoms with Crippen LogP contribution in [0.25, 0.3) is 0 Å². The molecule has 2 N–H and O–H groups in total. The van der Waals surface area contributed by atoms with E-state index < -0.39 is 11.7 Å². The van der Waals surface area contributed by atoms with Crippen LogP contribution in [0.15, 0.2) is 16.8 Å². The van der Waals surface area contributed by atoms with Gasteiger partial charge in [0.15, 0.2) is 0 Å². The Morgan fingerprint density at radius 3 is 2.76 bits per heavy atom. The quantitative estimate of drug-likeness (QED) is 0.869. The first-order valence-corrected chi connectivity index (χ1v) is 6.46. The molecule has 1 amide bonds. The lowest BCUT2D eigenvalue weighted by molar-refractivity contribution is 0.0483. The van der Waals surface area contributed by atoms with E-state index in [1.165, 1.54) is 0 Å². The van der Waals surface area contributed by atoms with Crippen molar-refractivity contribution < 1.29 is 14.6 Å². The maximum Gasteiger partial charge on any atom is 0.407 e. The summed E-state index contributed by atoms with van der Waals surface area (Å²) in [5.41, 5.74) is 0.581. The van der Waals surface area contributed by atoms with Gasteiger partial charge in [-0.3, -0.25) is 0 Å². The molecular formula is C12H19NO3S. The summed E-state index contributed by atoms with van der Waals surface area (Å²) in [6, 6.07) is 1.67. The molecule has 17 heavy (non-hydrogen) atoms. The van der Waals surface area contributed by atoms with Crippen molar-refractivity contribution >= 4 is 17.4 Å². The zero-order valence-electron chi connectivity index (χ0n) is 10.4. The number of carbonyl (C=O) groups is 1. The molecule has 0 saturated heterocycles.